The van der Waals surface area contributed by atoms with Gasteiger partial charge in [-0.3, -0.25) is 4.79 Å². The van der Waals surface area contributed by atoms with Gasteiger partial charge in [0.2, 0.25) is 0 Å². The molecule has 0 unspecified atom stereocenters. The second-order valence-electron chi connectivity index (χ2n) is 1.31. The molecule has 0 amide bonds. The lowest BCUT2D eigenvalue weighted by Crippen LogP contribution is -2.10. The minimum Gasteiger partial charge on any atom is -0.327 e. The number of rotatable bonds is 3. The summed E-state index contributed by atoms with van der Waals surface area (Å²) < 4.78 is 0. The van der Waals surface area contributed by atoms with Crippen molar-refractivity contribution in [3.8, 4) is 0 Å². The number of nitrogens with two attached hydrogens (primary N) is 2. The van der Waals surface area contributed by atoms with Gasteiger partial charge in [0.15, 0.2) is 5.78 Å². The second-order valence-corrected chi connectivity index (χ2v) is 1.31. The molecule has 0 radical (unpaired) electrons. The third-order valence-electron chi connectivity index (χ3n) is 0.641. The first-order valence-electron chi connectivity index (χ1n) is 2.40. The lowest BCUT2D eigenvalue weighted by Gasteiger charge is -1.81. The molecule has 0 aromatic heterocycles. The Morgan fingerprint density at radius 1 is 1.50 bits per heavy atom. The van der Waals surface area contributed by atoms with Gasteiger partial charge in [0.1, 0.15) is 0 Å². The average molecular weight is 114 g/mol. The Morgan fingerprint density at radius 2 is 2.12 bits per heavy atom. The van der Waals surface area contributed by atoms with Crippen LogP contribution in [0.25, 0.3) is 0 Å². The van der Waals surface area contributed by atoms with E-state index in [1.807, 2.05) is 0 Å². The second kappa shape index (κ2) is 4.49. The Balaban J connectivity index is 3.37. The molecule has 0 aliphatic heterocycles. The van der Waals surface area contributed by atoms with Gasteiger partial charge in [0.05, 0.1) is 6.54 Å². The van der Waals surface area contributed by atoms with E-state index in [2.05, 4.69) is 0 Å². The molecule has 3 nitrogen and oxygen atoms in total. The molecule has 0 spiro atoms. The summed E-state index contributed by atoms with van der Waals surface area (Å²) in [6, 6.07) is 0. The summed E-state index contributed by atoms with van der Waals surface area (Å²) in [5, 5.41) is 0. The van der Waals surface area contributed by atoms with Crippen molar-refractivity contribution in [2.75, 3.05) is 13.1 Å². The van der Waals surface area contributed by atoms with Crippen molar-refractivity contribution in [3.05, 3.63) is 12.2 Å². The first-order valence-corrected chi connectivity index (χ1v) is 2.40. The van der Waals surface area contributed by atoms with Gasteiger partial charge in [-0.05, 0) is 6.08 Å². The summed E-state index contributed by atoms with van der Waals surface area (Å²) in [6.45, 7) is 0.461. The first-order chi connectivity index (χ1) is 3.81. The molecular formula is C5H10N2O. The number of carbonyl (C=O) groups excluding carboxylic acids is 1. The molecule has 0 aromatic rings. The van der Waals surface area contributed by atoms with Crippen LogP contribution in [0.4, 0.5) is 0 Å². The van der Waals surface area contributed by atoms with E-state index < -0.39 is 0 Å². The smallest absolute Gasteiger partial charge is 0.168 e. The molecule has 46 valence electrons. The van der Waals surface area contributed by atoms with E-state index in [0.717, 1.165) is 0 Å². The van der Waals surface area contributed by atoms with E-state index >= 15 is 0 Å². The van der Waals surface area contributed by atoms with Gasteiger partial charge >= 0.3 is 0 Å². The minimum atomic E-state index is -0.0875. The highest BCUT2D eigenvalue weighted by atomic mass is 16.1. The van der Waals surface area contributed by atoms with Crippen molar-refractivity contribution < 1.29 is 4.79 Å². The van der Waals surface area contributed by atoms with Crippen LogP contribution in [0.1, 0.15) is 0 Å². The molecule has 0 saturated heterocycles. The van der Waals surface area contributed by atoms with Gasteiger partial charge in [-0.15, -0.1) is 0 Å². The summed E-state index contributed by atoms with van der Waals surface area (Å²) in [5.41, 5.74) is 10.0. The molecule has 3 heteroatoms. The molecule has 0 rings (SSSR count). The lowest BCUT2D eigenvalue weighted by molar-refractivity contribution is -0.113. The maximum atomic E-state index is 10.3. The molecule has 0 bridgehead atoms. The SMILES string of the molecule is NCC=CC(=O)CN. The number of hydrogen-bond acceptors (Lipinski definition) is 3. The number of ketones is 1. The van der Waals surface area contributed by atoms with Crippen LogP contribution in [-0.2, 0) is 4.79 Å². The van der Waals surface area contributed by atoms with E-state index in [1.54, 1.807) is 6.08 Å². The molecule has 8 heavy (non-hydrogen) atoms. The van der Waals surface area contributed by atoms with E-state index in [0.29, 0.717) is 6.54 Å². The van der Waals surface area contributed by atoms with Gasteiger partial charge in [-0.2, -0.15) is 0 Å². The molecule has 0 saturated carbocycles. The Bertz CT molecular complexity index is 98.6. The van der Waals surface area contributed by atoms with E-state index in [1.165, 1.54) is 6.08 Å². The molecule has 0 heterocycles. The van der Waals surface area contributed by atoms with E-state index in [-0.39, 0.29) is 12.3 Å². The largest absolute Gasteiger partial charge is 0.327 e. The highest BCUT2D eigenvalue weighted by Gasteiger charge is 1.85. The molecular weight excluding hydrogens is 104 g/mol. The fourth-order valence-corrected chi connectivity index (χ4v) is 0.268. The van der Waals surface area contributed by atoms with Crippen molar-refractivity contribution in [3.63, 3.8) is 0 Å². The Labute approximate surface area is 48.4 Å². The maximum absolute atomic E-state index is 10.3. The van der Waals surface area contributed by atoms with E-state index in [4.69, 9.17) is 11.5 Å². The predicted molar refractivity (Wildman–Crippen MR) is 32.3 cm³/mol. The topological polar surface area (TPSA) is 69.1 Å². The minimum absolute atomic E-state index is 0.0660. The lowest BCUT2D eigenvalue weighted by atomic mass is 10.3. The molecule has 0 aliphatic carbocycles. The van der Waals surface area contributed by atoms with Gasteiger partial charge in [0, 0.05) is 6.54 Å². The third kappa shape index (κ3) is 3.52. The van der Waals surface area contributed by atoms with Gasteiger partial charge in [0.25, 0.3) is 0 Å². The van der Waals surface area contributed by atoms with Crippen LogP contribution in [0.2, 0.25) is 0 Å². The van der Waals surface area contributed by atoms with Gasteiger partial charge < -0.3 is 11.5 Å². The monoisotopic (exact) mass is 114 g/mol. The first kappa shape index (κ1) is 7.33. The standard InChI is InChI=1S/C5H10N2O/c6-3-1-2-5(8)4-7/h1-2H,3-4,6-7H2. The van der Waals surface area contributed by atoms with E-state index in [9.17, 15) is 4.79 Å². The van der Waals surface area contributed by atoms with Crippen molar-refractivity contribution in [1.29, 1.82) is 0 Å². The average Bonchev–Trinajstić information content (AvgIpc) is 1.83. The van der Waals surface area contributed by atoms with Gasteiger partial charge in [-0.25, -0.2) is 0 Å². The maximum Gasteiger partial charge on any atom is 0.168 e. The normalized spacial score (nSPS) is 10.2. The van der Waals surface area contributed by atoms with Crippen molar-refractivity contribution in [2.24, 2.45) is 11.5 Å². The molecule has 0 atom stereocenters. The molecule has 4 N–H and O–H groups in total. The summed E-state index contributed by atoms with van der Waals surface area (Å²) in [4.78, 5) is 10.3. The van der Waals surface area contributed by atoms with Crippen molar-refractivity contribution in [2.45, 2.75) is 0 Å². The summed E-state index contributed by atoms with van der Waals surface area (Å²) in [7, 11) is 0. The Morgan fingerprint density at radius 3 is 2.50 bits per heavy atom. The summed E-state index contributed by atoms with van der Waals surface area (Å²) in [6.07, 6.45) is 2.97. The van der Waals surface area contributed by atoms with Crippen LogP contribution in [-0.4, -0.2) is 18.9 Å². The number of hydrogen-bond donors (Lipinski definition) is 2. The Hall–Kier alpha value is -0.670. The Kier molecular flexibility index (Phi) is 4.11. The summed E-state index contributed by atoms with van der Waals surface area (Å²) in [5.74, 6) is -0.0875. The number of carbonyl (C=O) groups is 1. The highest BCUT2D eigenvalue weighted by molar-refractivity contribution is 5.91. The van der Waals surface area contributed by atoms with Gasteiger partial charge in [-0.1, -0.05) is 6.08 Å². The van der Waals surface area contributed by atoms with Crippen LogP contribution in [0, 0.1) is 0 Å². The summed E-state index contributed by atoms with van der Waals surface area (Å²) >= 11 is 0. The zero-order valence-electron chi connectivity index (χ0n) is 4.63. The van der Waals surface area contributed by atoms with Crippen LogP contribution >= 0.6 is 0 Å². The van der Waals surface area contributed by atoms with Crippen LogP contribution < -0.4 is 11.5 Å². The molecule has 0 aromatic carbocycles. The zero-order valence-corrected chi connectivity index (χ0v) is 4.63. The third-order valence-corrected chi connectivity index (χ3v) is 0.641. The van der Waals surface area contributed by atoms with Crippen LogP contribution in [0.15, 0.2) is 12.2 Å². The predicted octanol–water partition coefficient (Wildman–Crippen LogP) is -0.971. The fraction of sp³-hybridized carbons (Fsp3) is 0.400. The van der Waals surface area contributed by atoms with Crippen molar-refractivity contribution >= 4 is 5.78 Å². The van der Waals surface area contributed by atoms with Crippen LogP contribution in [0.3, 0.4) is 0 Å². The van der Waals surface area contributed by atoms with Crippen LogP contribution in [0.5, 0.6) is 0 Å². The fourth-order valence-electron chi connectivity index (χ4n) is 0.268. The van der Waals surface area contributed by atoms with Crippen molar-refractivity contribution in [1.82, 2.24) is 0 Å². The molecule has 0 aliphatic rings. The quantitative estimate of drug-likeness (QED) is 0.464. The zero-order chi connectivity index (χ0) is 6.41. The molecule has 0 fully saturated rings. The highest BCUT2D eigenvalue weighted by Crippen LogP contribution is 1.69.